The molecule has 310 valence electrons. The second-order valence-electron chi connectivity index (χ2n) is 16.2. The fraction of sp³-hybridized carbons (Fsp3) is 0.591. The molecule has 3 saturated heterocycles. The predicted octanol–water partition coefficient (Wildman–Crippen LogP) is 4.41. The zero-order chi connectivity index (χ0) is 40.7. The highest BCUT2D eigenvalue weighted by molar-refractivity contribution is 5.96. The van der Waals surface area contributed by atoms with Crippen LogP contribution in [0, 0.1) is 5.41 Å². The Kier molecular flexibility index (Phi) is 13.9. The van der Waals surface area contributed by atoms with Gasteiger partial charge in [0.25, 0.3) is 0 Å². The van der Waals surface area contributed by atoms with Crippen LogP contribution in [0.5, 0.6) is 0 Å². The van der Waals surface area contributed by atoms with Crippen LogP contribution < -0.4 is 5.32 Å². The van der Waals surface area contributed by atoms with Gasteiger partial charge >= 0.3 is 5.97 Å². The zero-order valence-electron chi connectivity index (χ0n) is 34.1. The van der Waals surface area contributed by atoms with Crippen molar-refractivity contribution in [2.24, 2.45) is 5.41 Å². The first kappa shape index (κ1) is 42.5. The van der Waals surface area contributed by atoms with Gasteiger partial charge in [0.2, 0.25) is 17.7 Å². The van der Waals surface area contributed by atoms with Crippen molar-refractivity contribution in [3.8, 4) is 0 Å². The van der Waals surface area contributed by atoms with E-state index in [1.54, 1.807) is 32.3 Å². The van der Waals surface area contributed by atoms with E-state index in [-0.39, 0.29) is 38.4 Å². The molecule has 2 aromatic rings. The van der Waals surface area contributed by atoms with Gasteiger partial charge in [-0.15, -0.1) is 0 Å². The van der Waals surface area contributed by atoms with Gasteiger partial charge in [-0.2, -0.15) is 5.06 Å². The van der Waals surface area contributed by atoms with Crippen LogP contribution in [0.15, 0.2) is 60.7 Å². The van der Waals surface area contributed by atoms with Gasteiger partial charge in [-0.05, 0) is 35.6 Å². The third-order valence-corrected chi connectivity index (χ3v) is 11.9. The Bertz CT molecular complexity index is 1730. The molecule has 0 spiro atoms. The molecule has 13 nitrogen and oxygen atoms in total. The van der Waals surface area contributed by atoms with Crippen molar-refractivity contribution in [2.45, 2.75) is 127 Å². The van der Waals surface area contributed by atoms with Gasteiger partial charge in [-0.1, -0.05) is 94.1 Å². The number of unbranched alkanes of at least 4 members (excludes halogenated alkanes) is 4. The van der Waals surface area contributed by atoms with Crippen LogP contribution in [0.3, 0.4) is 0 Å². The summed E-state index contributed by atoms with van der Waals surface area (Å²) in [6, 6.07) is 14.9. The number of hydrogen-bond acceptors (Lipinski definition) is 10. The number of amides is 3. The normalized spacial score (nSPS) is 26.5. The molecule has 13 heteroatoms. The molecule has 3 heterocycles. The lowest BCUT2D eigenvalue weighted by Gasteiger charge is -2.50. The molecule has 4 fully saturated rings. The Labute approximate surface area is 336 Å². The number of esters is 1. The third-order valence-electron chi connectivity index (χ3n) is 11.9. The maximum atomic E-state index is 15.5. The van der Waals surface area contributed by atoms with Gasteiger partial charge in [-0.25, -0.2) is 0 Å². The fourth-order valence-corrected chi connectivity index (χ4v) is 8.92. The van der Waals surface area contributed by atoms with Crippen LogP contribution in [0.25, 0.3) is 6.08 Å². The smallest absolute Gasteiger partial charge is 0.327 e. The van der Waals surface area contributed by atoms with Gasteiger partial charge in [0.05, 0.1) is 13.2 Å². The first-order chi connectivity index (χ1) is 27.5. The lowest BCUT2D eigenvalue weighted by atomic mass is 9.62. The van der Waals surface area contributed by atoms with Gasteiger partial charge in [0.15, 0.2) is 11.8 Å². The molecule has 2 bridgehead atoms. The minimum atomic E-state index is -1.47. The van der Waals surface area contributed by atoms with Gasteiger partial charge < -0.3 is 34.4 Å². The molecule has 6 rings (SSSR count). The number of carbonyl (C=O) groups is 4. The van der Waals surface area contributed by atoms with Crippen molar-refractivity contribution in [2.75, 3.05) is 34.3 Å². The van der Waals surface area contributed by atoms with E-state index in [1.807, 2.05) is 54.6 Å². The van der Waals surface area contributed by atoms with Crippen molar-refractivity contribution in [3.05, 3.63) is 77.4 Å². The highest BCUT2D eigenvalue weighted by Crippen LogP contribution is 2.58. The Hall–Kier alpha value is -4.14. The number of fused-ring (bicyclic) bond motifs is 4. The van der Waals surface area contributed by atoms with Crippen LogP contribution >= 0.6 is 0 Å². The third kappa shape index (κ3) is 8.97. The highest BCUT2D eigenvalue weighted by Gasteiger charge is 2.76. The largest absolute Gasteiger partial charge is 0.458 e. The number of ether oxygens (including phenoxy) is 3. The van der Waals surface area contributed by atoms with E-state index in [0.717, 1.165) is 55.2 Å². The van der Waals surface area contributed by atoms with E-state index >= 15 is 4.79 Å². The first-order valence-corrected chi connectivity index (χ1v) is 20.6. The summed E-state index contributed by atoms with van der Waals surface area (Å²) in [7, 11) is 4.99. The summed E-state index contributed by atoms with van der Waals surface area (Å²) in [5, 5.41) is 13.9. The van der Waals surface area contributed by atoms with E-state index in [4.69, 9.17) is 19.0 Å². The van der Waals surface area contributed by atoms with Crippen molar-refractivity contribution >= 4 is 29.8 Å². The highest BCUT2D eigenvalue weighted by atomic mass is 16.8. The summed E-state index contributed by atoms with van der Waals surface area (Å²) in [5.41, 5.74) is 1.02. The number of rotatable bonds is 19. The number of likely N-dealkylation sites (N-methyl/N-ethyl adjacent to an activating group) is 2. The average Bonchev–Trinajstić information content (AvgIpc) is 3.77. The number of carbonyl (C=O) groups excluding carboxylic acids is 4. The fourth-order valence-electron chi connectivity index (χ4n) is 8.92. The summed E-state index contributed by atoms with van der Waals surface area (Å²) in [4.78, 5) is 65.6. The van der Waals surface area contributed by atoms with E-state index < -0.39 is 65.5 Å². The molecule has 57 heavy (non-hydrogen) atoms. The van der Waals surface area contributed by atoms with Crippen LogP contribution in [0.2, 0.25) is 0 Å². The first-order valence-electron chi connectivity index (χ1n) is 20.6. The molecule has 3 aliphatic heterocycles. The maximum absolute atomic E-state index is 15.5. The number of hydrogen-bond donors (Lipinski definition) is 2. The minimum absolute atomic E-state index is 0.0292. The predicted molar refractivity (Wildman–Crippen MR) is 213 cm³/mol. The number of aliphatic hydroxyl groups is 1. The standard InChI is InChI=1S/C44H60N4O9/c1-6-8-13-23-43(24-14-9-7-2)55-36-34-28-44(42(53)47(5)33(40(51)45-25-26-49)27-31-15-11-10-12-16-31)38(41(52)54-34)48(57-39(44)37(36)56-43)29-32-19-17-30(18-20-32)21-22-35(50)46(3)4/h10-12,15-22,33-34,36-39,49H,6-9,13-14,23-29H2,1-5H3,(H,45,51)/t33-,34?,36+,37+,38+,39-,44?/m1/s1. The molecular weight excluding hydrogens is 729 g/mol. The summed E-state index contributed by atoms with van der Waals surface area (Å²) in [5.74, 6) is -2.46. The Morgan fingerprint density at radius 1 is 0.930 bits per heavy atom. The van der Waals surface area contributed by atoms with E-state index in [0.29, 0.717) is 12.8 Å². The van der Waals surface area contributed by atoms with Crippen LogP contribution in [-0.4, -0.2) is 120 Å². The molecule has 0 aromatic heterocycles. The molecule has 1 saturated carbocycles. The molecule has 2 aromatic carbocycles. The summed E-state index contributed by atoms with van der Waals surface area (Å²) < 4.78 is 20.2. The van der Waals surface area contributed by atoms with Gasteiger partial charge in [-0.3, -0.25) is 24.0 Å². The summed E-state index contributed by atoms with van der Waals surface area (Å²) in [6.07, 6.45) is 7.80. The average molecular weight is 789 g/mol. The quantitative estimate of drug-likeness (QED) is 0.119. The second kappa shape index (κ2) is 18.6. The SMILES string of the molecule is CCCCCC1(CCCCC)O[C@@H]2[C@H]3ON(Cc4ccc(C=CC(=O)N(C)C)cc4)[C@H]4C(=O)OC(CC34C(=O)N(C)[C@H](Cc3ccccc3)C(=O)NCCO)[C@@H]2O1. The van der Waals surface area contributed by atoms with Crippen LogP contribution in [0.4, 0.5) is 0 Å². The van der Waals surface area contributed by atoms with Crippen molar-refractivity contribution in [1.29, 1.82) is 0 Å². The molecular formula is C44H60N4O9. The molecule has 7 atom stereocenters. The van der Waals surface area contributed by atoms with E-state index in [9.17, 15) is 19.5 Å². The van der Waals surface area contributed by atoms with Gasteiger partial charge in [0, 0.05) is 59.4 Å². The minimum Gasteiger partial charge on any atom is -0.458 e. The zero-order valence-corrected chi connectivity index (χ0v) is 34.1. The molecule has 0 radical (unpaired) electrons. The molecule has 2 N–H and O–H groups in total. The number of benzene rings is 2. The monoisotopic (exact) mass is 788 g/mol. The second-order valence-corrected chi connectivity index (χ2v) is 16.2. The molecule has 3 amide bonds. The van der Waals surface area contributed by atoms with Crippen molar-refractivity contribution in [3.63, 3.8) is 0 Å². The number of hydroxylamine groups is 2. The number of nitrogens with one attached hydrogen (secondary N) is 1. The maximum Gasteiger partial charge on any atom is 0.327 e. The summed E-state index contributed by atoms with van der Waals surface area (Å²) in [6.45, 7) is 4.24. The molecule has 2 unspecified atom stereocenters. The van der Waals surface area contributed by atoms with Crippen LogP contribution in [0.1, 0.15) is 88.3 Å². The van der Waals surface area contributed by atoms with Gasteiger partial charge in [0.1, 0.15) is 35.9 Å². The lowest BCUT2D eigenvalue weighted by Crippen LogP contribution is -2.70. The van der Waals surface area contributed by atoms with E-state index in [2.05, 4.69) is 19.2 Å². The Morgan fingerprint density at radius 3 is 2.23 bits per heavy atom. The Balaban J connectivity index is 1.37. The Morgan fingerprint density at radius 2 is 1.60 bits per heavy atom. The van der Waals surface area contributed by atoms with Crippen LogP contribution in [-0.2, 0) is 51.2 Å². The topological polar surface area (TPSA) is 147 Å². The number of nitrogens with zero attached hydrogens (tertiary/aromatic N) is 3. The molecule has 1 aliphatic carbocycles. The lowest BCUT2D eigenvalue weighted by molar-refractivity contribution is -0.225. The summed E-state index contributed by atoms with van der Waals surface area (Å²) >= 11 is 0. The van der Waals surface area contributed by atoms with E-state index in [1.165, 1.54) is 15.9 Å². The molecule has 4 aliphatic rings. The van der Waals surface area contributed by atoms with Crippen molar-refractivity contribution < 1.29 is 43.3 Å². The number of aliphatic hydroxyl groups excluding tert-OH is 1. The van der Waals surface area contributed by atoms with Crippen molar-refractivity contribution in [1.82, 2.24) is 20.2 Å².